The Hall–Kier alpha value is -3.28. The van der Waals surface area contributed by atoms with Crippen LogP contribution in [0.25, 0.3) is 22.1 Å². The van der Waals surface area contributed by atoms with Crippen LogP contribution in [0.15, 0.2) is 57.9 Å². The van der Waals surface area contributed by atoms with Gasteiger partial charge in [0.1, 0.15) is 23.3 Å². The highest BCUT2D eigenvalue weighted by molar-refractivity contribution is 5.83. The molecule has 0 aliphatic rings. The molecule has 0 fully saturated rings. The predicted octanol–water partition coefficient (Wildman–Crippen LogP) is 3.71. The third kappa shape index (κ3) is 3.69. The highest BCUT2D eigenvalue weighted by atomic mass is 16.5. The molecule has 0 bridgehead atoms. The van der Waals surface area contributed by atoms with Gasteiger partial charge < -0.3 is 19.0 Å². The molecule has 134 valence electrons. The molecule has 26 heavy (non-hydrogen) atoms. The van der Waals surface area contributed by atoms with E-state index in [1.807, 2.05) is 12.1 Å². The van der Waals surface area contributed by atoms with Gasteiger partial charge >= 0.3 is 5.97 Å². The summed E-state index contributed by atoms with van der Waals surface area (Å²) in [5, 5.41) is 9.06. The van der Waals surface area contributed by atoms with Crippen LogP contribution in [0.3, 0.4) is 0 Å². The summed E-state index contributed by atoms with van der Waals surface area (Å²) in [6, 6.07) is 12.2. The van der Waals surface area contributed by atoms with Crippen molar-refractivity contribution in [3.05, 3.63) is 59.0 Å². The molecule has 2 aromatic carbocycles. The van der Waals surface area contributed by atoms with Crippen molar-refractivity contribution in [3.63, 3.8) is 0 Å². The van der Waals surface area contributed by atoms with Gasteiger partial charge in [0.15, 0.2) is 0 Å². The number of hydrogen-bond donors (Lipinski definition) is 1. The van der Waals surface area contributed by atoms with E-state index < -0.39 is 5.97 Å². The van der Waals surface area contributed by atoms with Crippen molar-refractivity contribution in [1.29, 1.82) is 0 Å². The summed E-state index contributed by atoms with van der Waals surface area (Å²) < 4.78 is 16.5. The third-order valence-electron chi connectivity index (χ3n) is 3.95. The number of methoxy groups -OCH3 is 1. The van der Waals surface area contributed by atoms with Crippen molar-refractivity contribution < 1.29 is 23.8 Å². The number of carboxylic acid groups (broad SMARTS) is 1. The molecule has 0 saturated heterocycles. The Morgan fingerprint density at radius 2 is 1.96 bits per heavy atom. The summed E-state index contributed by atoms with van der Waals surface area (Å²) in [5.74, 6) is 0.260. The van der Waals surface area contributed by atoms with E-state index in [1.165, 1.54) is 6.26 Å². The number of ether oxygens (including phenoxy) is 2. The zero-order valence-corrected chi connectivity index (χ0v) is 14.2. The summed E-state index contributed by atoms with van der Waals surface area (Å²) in [6.07, 6.45) is 1.87. The smallest absolute Gasteiger partial charge is 0.303 e. The van der Waals surface area contributed by atoms with Gasteiger partial charge in [0.05, 0.1) is 24.7 Å². The lowest BCUT2D eigenvalue weighted by Crippen LogP contribution is -2.06. The first-order chi connectivity index (χ1) is 12.6. The summed E-state index contributed by atoms with van der Waals surface area (Å²) >= 11 is 0. The zero-order valence-electron chi connectivity index (χ0n) is 14.2. The van der Waals surface area contributed by atoms with Crippen molar-refractivity contribution in [2.45, 2.75) is 12.8 Å². The van der Waals surface area contributed by atoms with E-state index in [-0.39, 0.29) is 18.5 Å². The maximum Gasteiger partial charge on any atom is 0.303 e. The monoisotopic (exact) mass is 354 g/mol. The SMILES string of the molecule is COc1ccccc1-c1coc2cc(OCCCC(=O)O)ccc2c1=O. The van der Waals surface area contributed by atoms with Crippen molar-refractivity contribution in [1.82, 2.24) is 0 Å². The average molecular weight is 354 g/mol. The Morgan fingerprint density at radius 1 is 1.15 bits per heavy atom. The van der Waals surface area contributed by atoms with Gasteiger partial charge in [0.2, 0.25) is 5.43 Å². The van der Waals surface area contributed by atoms with Crippen LogP contribution in [0.2, 0.25) is 0 Å². The molecule has 0 aliphatic heterocycles. The van der Waals surface area contributed by atoms with Crippen molar-refractivity contribution in [3.8, 4) is 22.6 Å². The lowest BCUT2D eigenvalue weighted by atomic mass is 10.0. The second-order valence-corrected chi connectivity index (χ2v) is 5.68. The minimum absolute atomic E-state index is 0.0466. The van der Waals surface area contributed by atoms with Crippen molar-refractivity contribution in [2.24, 2.45) is 0 Å². The van der Waals surface area contributed by atoms with E-state index in [9.17, 15) is 9.59 Å². The number of para-hydroxylation sites is 1. The largest absolute Gasteiger partial charge is 0.496 e. The van der Waals surface area contributed by atoms with Crippen LogP contribution in [-0.4, -0.2) is 24.8 Å². The number of carboxylic acids is 1. The predicted molar refractivity (Wildman–Crippen MR) is 96.8 cm³/mol. The fraction of sp³-hybridized carbons (Fsp3) is 0.200. The van der Waals surface area contributed by atoms with Gasteiger partial charge in [-0.15, -0.1) is 0 Å². The van der Waals surface area contributed by atoms with Crippen LogP contribution >= 0.6 is 0 Å². The molecule has 0 amide bonds. The minimum Gasteiger partial charge on any atom is -0.496 e. The minimum atomic E-state index is -0.859. The second-order valence-electron chi connectivity index (χ2n) is 5.68. The molecule has 0 aliphatic carbocycles. The molecule has 0 atom stereocenters. The molecule has 6 nitrogen and oxygen atoms in total. The number of benzene rings is 2. The molecule has 0 radical (unpaired) electrons. The molecule has 3 rings (SSSR count). The van der Waals surface area contributed by atoms with E-state index in [0.29, 0.717) is 40.0 Å². The quantitative estimate of drug-likeness (QED) is 0.651. The van der Waals surface area contributed by atoms with Crippen molar-refractivity contribution >= 4 is 16.9 Å². The van der Waals surface area contributed by atoms with Crippen LogP contribution in [0, 0.1) is 0 Å². The van der Waals surface area contributed by atoms with Gasteiger partial charge in [0, 0.05) is 18.1 Å². The first-order valence-electron chi connectivity index (χ1n) is 8.13. The van der Waals surface area contributed by atoms with Gasteiger partial charge in [0.25, 0.3) is 0 Å². The number of aliphatic carboxylic acids is 1. The van der Waals surface area contributed by atoms with Gasteiger partial charge in [-0.3, -0.25) is 9.59 Å². The molecular weight excluding hydrogens is 336 g/mol. The number of carbonyl (C=O) groups is 1. The maximum absolute atomic E-state index is 12.8. The highest BCUT2D eigenvalue weighted by Gasteiger charge is 2.13. The molecule has 6 heteroatoms. The summed E-state index contributed by atoms with van der Waals surface area (Å²) in [7, 11) is 1.55. The lowest BCUT2D eigenvalue weighted by molar-refractivity contribution is -0.137. The van der Waals surface area contributed by atoms with E-state index in [4.69, 9.17) is 19.0 Å². The first kappa shape index (κ1) is 17.5. The topological polar surface area (TPSA) is 86.0 Å². The lowest BCUT2D eigenvalue weighted by Gasteiger charge is -2.09. The van der Waals surface area contributed by atoms with Gasteiger partial charge in [-0.1, -0.05) is 18.2 Å². The Balaban J connectivity index is 1.89. The summed E-state index contributed by atoms with van der Waals surface area (Å²) in [6.45, 7) is 0.279. The first-order valence-corrected chi connectivity index (χ1v) is 8.13. The Morgan fingerprint density at radius 3 is 2.73 bits per heavy atom. The molecule has 0 spiro atoms. The van der Waals surface area contributed by atoms with E-state index >= 15 is 0 Å². The van der Waals surface area contributed by atoms with Gasteiger partial charge in [-0.2, -0.15) is 0 Å². The number of rotatable bonds is 7. The van der Waals surface area contributed by atoms with Crippen LogP contribution in [0.4, 0.5) is 0 Å². The Bertz CT molecular complexity index is 989. The van der Waals surface area contributed by atoms with E-state index in [1.54, 1.807) is 37.4 Å². The standard InChI is InChI=1S/C20H18O6/c1-24-17-6-3-2-5-14(17)16-12-26-18-11-13(8-9-15(18)20(16)23)25-10-4-7-19(21)22/h2-3,5-6,8-9,11-12H,4,7,10H2,1H3,(H,21,22). The molecule has 1 N–H and O–H groups in total. The van der Waals surface area contributed by atoms with Crippen molar-refractivity contribution in [2.75, 3.05) is 13.7 Å². The van der Waals surface area contributed by atoms with Crippen LogP contribution < -0.4 is 14.9 Å². The summed E-state index contributed by atoms with van der Waals surface area (Å²) in [5.41, 5.74) is 1.34. The number of fused-ring (bicyclic) bond motifs is 1. The average Bonchev–Trinajstić information content (AvgIpc) is 2.65. The molecule has 3 aromatic rings. The normalized spacial score (nSPS) is 10.7. The molecule has 1 aromatic heterocycles. The fourth-order valence-corrected chi connectivity index (χ4v) is 2.66. The molecular formula is C20H18O6. The van der Waals surface area contributed by atoms with E-state index in [0.717, 1.165) is 0 Å². The number of hydrogen-bond acceptors (Lipinski definition) is 5. The summed E-state index contributed by atoms with van der Waals surface area (Å²) in [4.78, 5) is 23.3. The van der Waals surface area contributed by atoms with Gasteiger partial charge in [-0.25, -0.2) is 0 Å². The van der Waals surface area contributed by atoms with E-state index in [2.05, 4.69) is 0 Å². The zero-order chi connectivity index (χ0) is 18.5. The fourth-order valence-electron chi connectivity index (χ4n) is 2.66. The second kappa shape index (κ2) is 7.74. The van der Waals surface area contributed by atoms with Crippen LogP contribution in [0.5, 0.6) is 11.5 Å². The van der Waals surface area contributed by atoms with Gasteiger partial charge in [-0.05, 0) is 24.6 Å². The molecule has 0 saturated carbocycles. The molecule has 0 unspecified atom stereocenters. The Kier molecular flexibility index (Phi) is 5.22. The molecule has 1 heterocycles. The third-order valence-corrected chi connectivity index (χ3v) is 3.95. The maximum atomic E-state index is 12.8. The Labute approximate surface area is 149 Å². The van der Waals surface area contributed by atoms with Crippen LogP contribution in [-0.2, 0) is 4.79 Å². The van der Waals surface area contributed by atoms with Crippen LogP contribution in [0.1, 0.15) is 12.8 Å². The highest BCUT2D eigenvalue weighted by Crippen LogP contribution is 2.29.